The zero-order valence-electron chi connectivity index (χ0n) is 14.3. The van der Waals surface area contributed by atoms with Crippen molar-refractivity contribution < 1.29 is 23.2 Å². The molecule has 25 heavy (non-hydrogen) atoms. The Balaban J connectivity index is 2.10. The Hall–Kier alpha value is -1.89. The van der Waals surface area contributed by atoms with Crippen molar-refractivity contribution in [2.45, 2.75) is 51.6 Å². The van der Waals surface area contributed by atoms with E-state index in [9.17, 15) is 18.5 Å². The van der Waals surface area contributed by atoms with Gasteiger partial charge in [-0.3, -0.25) is 9.69 Å². The van der Waals surface area contributed by atoms with Crippen molar-refractivity contribution in [1.82, 2.24) is 10.0 Å². The summed E-state index contributed by atoms with van der Waals surface area (Å²) in [5, 5.41) is 0.309. The summed E-state index contributed by atoms with van der Waals surface area (Å²) in [5.41, 5.74) is -0.337. The van der Waals surface area contributed by atoms with Gasteiger partial charge >= 0.3 is 6.09 Å². The highest BCUT2D eigenvalue weighted by Gasteiger charge is 2.45. The Morgan fingerprint density at radius 1 is 1.40 bits per heavy atom. The minimum atomic E-state index is -1.64. The summed E-state index contributed by atoms with van der Waals surface area (Å²) in [6.45, 7) is 4.59. The van der Waals surface area contributed by atoms with Crippen molar-refractivity contribution >= 4 is 23.6 Å². The summed E-state index contributed by atoms with van der Waals surface area (Å²) in [6.07, 6.45) is -2.51. The third kappa shape index (κ3) is 5.04. The summed E-state index contributed by atoms with van der Waals surface area (Å²) >= 11 is 5.83. The van der Waals surface area contributed by atoms with Crippen LogP contribution in [0.5, 0.6) is 0 Å². The standard InChI is InChI=1S/C17H21ClF2N2O3/c1-17(2,3)25-16(24)21-8-7-13(19)14(21)15(23)22(20)10-11-5-4-6-12(18)9-11/h4-6,9,13-14H,7-8,10H2,1-3H3/t13-,14-/m0/s1. The van der Waals surface area contributed by atoms with Gasteiger partial charge in [0.05, 0.1) is 6.54 Å². The number of hydrogen-bond donors (Lipinski definition) is 0. The molecular formula is C17H21ClF2N2O3. The zero-order valence-corrected chi connectivity index (χ0v) is 15.1. The number of nitrogens with zero attached hydrogens (tertiary/aromatic N) is 2. The number of hydrogen-bond acceptors (Lipinski definition) is 3. The van der Waals surface area contributed by atoms with Crippen LogP contribution in [0.15, 0.2) is 24.3 Å². The van der Waals surface area contributed by atoms with Crippen molar-refractivity contribution in [3.8, 4) is 0 Å². The average molecular weight is 375 g/mol. The van der Waals surface area contributed by atoms with E-state index in [1.165, 1.54) is 6.07 Å². The molecule has 138 valence electrons. The summed E-state index contributed by atoms with van der Waals surface area (Å²) < 4.78 is 33.6. The van der Waals surface area contributed by atoms with E-state index in [-0.39, 0.29) is 24.6 Å². The second-order valence-electron chi connectivity index (χ2n) is 6.91. The Labute approximate surface area is 150 Å². The van der Waals surface area contributed by atoms with E-state index in [4.69, 9.17) is 16.3 Å². The van der Waals surface area contributed by atoms with Crippen LogP contribution in [0.3, 0.4) is 0 Å². The van der Waals surface area contributed by atoms with Gasteiger partial charge in [0.15, 0.2) is 0 Å². The van der Waals surface area contributed by atoms with Crippen molar-refractivity contribution in [3.63, 3.8) is 0 Å². The van der Waals surface area contributed by atoms with E-state index >= 15 is 0 Å². The largest absolute Gasteiger partial charge is 0.444 e. The number of alkyl halides is 1. The van der Waals surface area contributed by atoms with Gasteiger partial charge in [0.1, 0.15) is 17.8 Å². The molecule has 1 saturated heterocycles. The summed E-state index contributed by atoms with van der Waals surface area (Å²) in [7, 11) is 0. The molecule has 1 aromatic carbocycles. The molecule has 0 aromatic heterocycles. The van der Waals surface area contributed by atoms with Gasteiger partial charge in [0.25, 0.3) is 5.91 Å². The monoisotopic (exact) mass is 374 g/mol. The molecule has 0 bridgehead atoms. The van der Waals surface area contributed by atoms with Crippen molar-refractivity contribution in [2.24, 2.45) is 0 Å². The number of carbonyl (C=O) groups excluding carboxylic acids is 2. The van der Waals surface area contributed by atoms with Gasteiger partial charge in [-0.2, -0.15) is 5.12 Å². The number of carbonyl (C=O) groups is 2. The highest BCUT2D eigenvalue weighted by molar-refractivity contribution is 6.30. The molecule has 1 aliphatic rings. The average Bonchev–Trinajstić information content (AvgIpc) is 2.86. The lowest BCUT2D eigenvalue weighted by atomic mass is 10.1. The Morgan fingerprint density at radius 3 is 2.68 bits per heavy atom. The van der Waals surface area contributed by atoms with Crippen LogP contribution in [-0.4, -0.2) is 46.4 Å². The second kappa shape index (κ2) is 7.56. The predicted octanol–water partition coefficient (Wildman–Crippen LogP) is 3.90. The minimum absolute atomic E-state index is 0.00249. The van der Waals surface area contributed by atoms with Crippen LogP contribution in [0.25, 0.3) is 0 Å². The van der Waals surface area contributed by atoms with Gasteiger partial charge in [-0.15, -0.1) is 0 Å². The second-order valence-corrected chi connectivity index (χ2v) is 7.35. The van der Waals surface area contributed by atoms with Gasteiger partial charge in [-0.1, -0.05) is 28.2 Å². The maximum atomic E-state index is 14.3. The van der Waals surface area contributed by atoms with Gasteiger partial charge in [0.2, 0.25) is 0 Å². The van der Waals surface area contributed by atoms with Crippen LogP contribution in [0.4, 0.5) is 13.7 Å². The molecule has 0 radical (unpaired) electrons. The van der Waals surface area contributed by atoms with Crippen molar-refractivity contribution in [2.75, 3.05) is 6.54 Å². The maximum Gasteiger partial charge on any atom is 0.411 e. The van der Waals surface area contributed by atoms with E-state index in [0.29, 0.717) is 10.6 Å². The first kappa shape index (κ1) is 19.4. The molecule has 0 aliphatic carbocycles. The first-order valence-corrected chi connectivity index (χ1v) is 8.31. The quantitative estimate of drug-likeness (QED) is 0.754. The Bertz CT molecular complexity index is 651. The number of rotatable bonds is 3. The molecule has 1 heterocycles. The van der Waals surface area contributed by atoms with Gasteiger partial charge in [0, 0.05) is 11.6 Å². The molecule has 0 unspecified atom stereocenters. The van der Waals surface area contributed by atoms with Crippen LogP contribution in [0, 0.1) is 0 Å². The number of ether oxygens (including phenoxy) is 1. The SMILES string of the molecule is CC(C)(C)OC(=O)N1CC[C@H](F)[C@H]1C(=O)N(F)Cc1cccc(Cl)c1. The molecule has 0 saturated carbocycles. The highest BCUT2D eigenvalue weighted by Crippen LogP contribution is 2.26. The van der Waals surface area contributed by atoms with Crippen LogP contribution in [-0.2, 0) is 16.1 Å². The molecule has 1 fully saturated rings. The van der Waals surface area contributed by atoms with Crippen molar-refractivity contribution in [3.05, 3.63) is 34.9 Å². The third-order valence-electron chi connectivity index (χ3n) is 3.65. The molecule has 8 heteroatoms. The fourth-order valence-electron chi connectivity index (χ4n) is 2.59. The third-order valence-corrected chi connectivity index (χ3v) is 3.89. The molecule has 1 aliphatic heterocycles. The van der Waals surface area contributed by atoms with Crippen LogP contribution in [0.1, 0.15) is 32.8 Å². The smallest absolute Gasteiger partial charge is 0.411 e. The van der Waals surface area contributed by atoms with E-state index in [0.717, 1.165) is 4.90 Å². The fourth-order valence-corrected chi connectivity index (χ4v) is 2.80. The number of halogens is 3. The molecule has 2 atom stereocenters. The van der Waals surface area contributed by atoms with Gasteiger partial charge in [-0.05, 0) is 44.9 Å². The molecule has 0 N–H and O–H groups in total. The molecule has 1 aromatic rings. The van der Waals surface area contributed by atoms with Crippen LogP contribution < -0.4 is 0 Å². The van der Waals surface area contributed by atoms with E-state index in [2.05, 4.69) is 0 Å². The summed E-state index contributed by atoms with van der Waals surface area (Å²) in [4.78, 5) is 25.5. The molecule has 0 spiro atoms. The Kier molecular flexibility index (Phi) is 5.87. The number of amides is 2. The fraction of sp³-hybridized carbons (Fsp3) is 0.529. The van der Waals surface area contributed by atoms with E-state index in [1.807, 2.05) is 0 Å². The highest BCUT2D eigenvalue weighted by atomic mass is 35.5. The Morgan fingerprint density at radius 2 is 2.08 bits per heavy atom. The normalized spacial score (nSPS) is 20.5. The lowest BCUT2D eigenvalue weighted by Gasteiger charge is -2.29. The summed E-state index contributed by atoms with van der Waals surface area (Å²) in [5.74, 6) is -1.11. The maximum absolute atomic E-state index is 14.3. The first-order chi connectivity index (χ1) is 11.6. The molecular weight excluding hydrogens is 354 g/mol. The van der Waals surface area contributed by atoms with E-state index < -0.39 is 29.8 Å². The topological polar surface area (TPSA) is 49.9 Å². The molecule has 5 nitrogen and oxygen atoms in total. The van der Waals surface area contributed by atoms with Gasteiger partial charge in [-0.25, -0.2) is 9.18 Å². The molecule has 2 rings (SSSR count). The lowest BCUT2D eigenvalue weighted by molar-refractivity contribution is -0.154. The summed E-state index contributed by atoms with van der Waals surface area (Å²) in [6, 6.07) is 4.82. The van der Waals surface area contributed by atoms with Crippen molar-refractivity contribution in [1.29, 1.82) is 0 Å². The first-order valence-electron chi connectivity index (χ1n) is 7.94. The zero-order chi connectivity index (χ0) is 18.8. The van der Waals surface area contributed by atoms with E-state index in [1.54, 1.807) is 39.0 Å². The predicted molar refractivity (Wildman–Crippen MR) is 89.4 cm³/mol. The number of benzene rings is 1. The van der Waals surface area contributed by atoms with Crippen LogP contribution in [0.2, 0.25) is 5.02 Å². The minimum Gasteiger partial charge on any atom is -0.444 e. The van der Waals surface area contributed by atoms with Crippen LogP contribution >= 0.6 is 11.6 Å². The van der Waals surface area contributed by atoms with Gasteiger partial charge < -0.3 is 4.74 Å². The molecule has 2 amide bonds. The number of likely N-dealkylation sites (tertiary alicyclic amines) is 1. The lowest BCUT2D eigenvalue weighted by Crippen LogP contribution is -2.49.